The second-order valence-corrected chi connectivity index (χ2v) is 4.74. The summed E-state index contributed by atoms with van der Waals surface area (Å²) in [6, 6.07) is 0. The highest BCUT2D eigenvalue weighted by Gasteiger charge is 2.08. The third-order valence-electron chi connectivity index (χ3n) is 3.01. The highest BCUT2D eigenvalue weighted by Crippen LogP contribution is 2.07. The van der Waals surface area contributed by atoms with Crippen molar-refractivity contribution in [2.75, 3.05) is 19.8 Å². The molecule has 0 aromatic heterocycles. The van der Waals surface area contributed by atoms with Crippen molar-refractivity contribution < 1.29 is 33.3 Å². The first kappa shape index (κ1) is 20.4. The highest BCUT2D eigenvalue weighted by atomic mass is 16.7. The molecule has 22 heavy (non-hydrogen) atoms. The monoisotopic (exact) mass is 318 g/mol. The molecule has 0 saturated heterocycles. The molecule has 0 saturated carbocycles. The summed E-state index contributed by atoms with van der Waals surface area (Å²) >= 11 is 0. The summed E-state index contributed by atoms with van der Waals surface area (Å²) in [5.74, 6) is 0. The molecule has 0 heterocycles. The summed E-state index contributed by atoms with van der Waals surface area (Å²) in [5.41, 5.74) is 0. The lowest BCUT2D eigenvalue weighted by molar-refractivity contribution is -0.170. The Kier molecular flexibility index (Phi) is 16.1. The van der Waals surface area contributed by atoms with Crippen LogP contribution in [0.25, 0.3) is 0 Å². The van der Waals surface area contributed by atoms with E-state index in [0.29, 0.717) is 26.1 Å². The summed E-state index contributed by atoms with van der Waals surface area (Å²) in [6.07, 6.45) is 6.36. The topological polar surface area (TPSA) is 88.1 Å². The van der Waals surface area contributed by atoms with Gasteiger partial charge in [0.25, 0.3) is 19.4 Å². The molecule has 0 atom stereocenters. The molecule has 0 N–H and O–H groups in total. The van der Waals surface area contributed by atoms with Gasteiger partial charge in [-0.3, -0.25) is 14.4 Å². The molecule has 0 aromatic carbocycles. The molecule has 0 radical (unpaired) electrons. The van der Waals surface area contributed by atoms with Gasteiger partial charge < -0.3 is 18.9 Å². The van der Waals surface area contributed by atoms with Crippen LogP contribution in [0.3, 0.4) is 0 Å². The average Bonchev–Trinajstić information content (AvgIpc) is 2.52. The number of rotatable bonds is 18. The van der Waals surface area contributed by atoms with Crippen LogP contribution in [0.15, 0.2) is 0 Å². The second kappa shape index (κ2) is 17.4. The molecule has 0 rings (SSSR count). The Morgan fingerprint density at radius 2 is 1.18 bits per heavy atom. The van der Waals surface area contributed by atoms with Crippen LogP contribution in [0.4, 0.5) is 0 Å². The van der Waals surface area contributed by atoms with Gasteiger partial charge in [0, 0.05) is 19.6 Å². The van der Waals surface area contributed by atoms with Crippen LogP contribution in [0.2, 0.25) is 0 Å². The van der Waals surface area contributed by atoms with Crippen molar-refractivity contribution in [3.63, 3.8) is 0 Å². The molecular formula is C15H26O7. The predicted molar refractivity (Wildman–Crippen MR) is 77.9 cm³/mol. The van der Waals surface area contributed by atoms with Gasteiger partial charge in [-0.2, -0.15) is 0 Å². The van der Waals surface area contributed by atoms with Crippen LogP contribution in [0.1, 0.15) is 51.4 Å². The second-order valence-electron chi connectivity index (χ2n) is 4.74. The molecule has 0 unspecified atom stereocenters. The fourth-order valence-electron chi connectivity index (χ4n) is 1.88. The zero-order valence-corrected chi connectivity index (χ0v) is 12.9. The zero-order valence-electron chi connectivity index (χ0n) is 12.9. The van der Waals surface area contributed by atoms with Crippen molar-refractivity contribution in [1.82, 2.24) is 0 Å². The maximum atomic E-state index is 10.2. The van der Waals surface area contributed by atoms with Gasteiger partial charge in [0.05, 0.1) is 6.61 Å². The van der Waals surface area contributed by atoms with Gasteiger partial charge in [0.1, 0.15) is 0 Å². The standard InChI is InChI=1S/C15H26O7/c16-12-20-11-6-2-1-5-9-19-10-7-3-4-8-15(21-13-17)22-14-18/h12-15H,1-11H2. The molecular weight excluding hydrogens is 292 g/mol. The van der Waals surface area contributed by atoms with E-state index in [1.54, 1.807) is 0 Å². The number of carbonyl (C=O) groups is 3. The van der Waals surface area contributed by atoms with Crippen molar-refractivity contribution in [2.45, 2.75) is 57.7 Å². The Hall–Kier alpha value is -1.63. The van der Waals surface area contributed by atoms with Crippen molar-refractivity contribution >= 4 is 19.4 Å². The molecule has 7 nitrogen and oxygen atoms in total. The van der Waals surface area contributed by atoms with E-state index < -0.39 is 6.29 Å². The van der Waals surface area contributed by atoms with E-state index in [4.69, 9.17) is 4.74 Å². The highest BCUT2D eigenvalue weighted by molar-refractivity contribution is 5.40. The number of ether oxygens (including phenoxy) is 4. The van der Waals surface area contributed by atoms with E-state index in [2.05, 4.69) is 14.2 Å². The summed E-state index contributed by atoms with van der Waals surface area (Å²) in [5, 5.41) is 0. The van der Waals surface area contributed by atoms with Crippen LogP contribution in [-0.4, -0.2) is 45.5 Å². The molecule has 0 aromatic rings. The fourth-order valence-corrected chi connectivity index (χ4v) is 1.88. The molecule has 7 heteroatoms. The molecule has 0 spiro atoms. The van der Waals surface area contributed by atoms with E-state index in [1.807, 2.05) is 0 Å². The minimum atomic E-state index is -0.779. The smallest absolute Gasteiger partial charge is 0.296 e. The summed E-state index contributed by atoms with van der Waals surface area (Å²) in [6.45, 7) is 2.96. The quantitative estimate of drug-likeness (QED) is 0.217. The van der Waals surface area contributed by atoms with Gasteiger partial charge in [0.15, 0.2) is 0 Å². The number of hydrogen-bond donors (Lipinski definition) is 0. The zero-order chi connectivity index (χ0) is 16.3. The van der Waals surface area contributed by atoms with Crippen molar-refractivity contribution in [2.24, 2.45) is 0 Å². The maximum absolute atomic E-state index is 10.2. The van der Waals surface area contributed by atoms with Crippen molar-refractivity contribution in [3.05, 3.63) is 0 Å². The van der Waals surface area contributed by atoms with Crippen molar-refractivity contribution in [3.8, 4) is 0 Å². The normalized spacial score (nSPS) is 10.2. The molecule has 0 fully saturated rings. The predicted octanol–water partition coefficient (Wildman–Crippen LogP) is 1.97. The summed E-state index contributed by atoms with van der Waals surface area (Å²) in [7, 11) is 0. The van der Waals surface area contributed by atoms with Crippen LogP contribution < -0.4 is 0 Å². The Labute approximate surface area is 131 Å². The van der Waals surface area contributed by atoms with Gasteiger partial charge in [-0.15, -0.1) is 0 Å². The fraction of sp³-hybridized carbons (Fsp3) is 0.800. The molecule has 0 aliphatic heterocycles. The Morgan fingerprint density at radius 3 is 1.73 bits per heavy atom. The lowest BCUT2D eigenvalue weighted by atomic mass is 10.2. The van der Waals surface area contributed by atoms with Gasteiger partial charge >= 0.3 is 0 Å². The molecule has 0 aliphatic rings. The first-order chi connectivity index (χ1) is 10.8. The average molecular weight is 318 g/mol. The van der Waals surface area contributed by atoms with Gasteiger partial charge in [-0.1, -0.05) is 12.8 Å². The van der Waals surface area contributed by atoms with Crippen LogP contribution >= 0.6 is 0 Å². The molecule has 128 valence electrons. The number of unbranched alkanes of at least 4 members (excludes halogenated alkanes) is 5. The third kappa shape index (κ3) is 14.8. The van der Waals surface area contributed by atoms with Gasteiger partial charge in [-0.05, 0) is 32.1 Å². The van der Waals surface area contributed by atoms with E-state index in [-0.39, 0.29) is 12.9 Å². The molecule has 0 bridgehead atoms. The number of carbonyl (C=O) groups excluding carboxylic acids is 3. The Balaban J connectivity index is 3.20. The lowest BCUT2D eigenvalue weighted by Gasteiger charge is -2.12. The van der Waals surface area contributed by atoms with Crippen LogP contribution in [-0.2, 0) is 33.3 Å². The first-order valence-electron chi connectivity index (χ1n) is 7.66. The van der Waals surface area contributed by atoms with E-state index in [0.717, 1.165) is 51.6 Å². The van der Waals surface area contributed by atoms with E-state index >= 15 is 0 Å². The van der Waals surface area contributed by atoms with Gasteiger partial charge in [0.2, 0.25) is 6.29 Å². The Morgan fingerprint density at radius 1 is 0.636 bits per heavy atom. The summed E-state index contributed by atoms with van der Waals surface area (Å²) in [4.78, 5) is 30.2. The third-order valence-corrected chi connectivity index (χ3v) is 3.01. The minimum absolute atomic E-state index is 0.280. The van der Waals surface area contributed by atoms with Crippen molar-refractivity contribution in [1.29, 1.82) is 0 Å². The SMILES string of the molecule is O=COCCCCCCOCCCCCC(OC=O)OC=O. The largest absolute Gasteiger partial charge is 0.468 e. The minimum Gasteiger partial charge on any atom is -0.468 e. The Bertz CT molecular complexity index is 261. The first-order valence-corrected chi connectivity index (χ1v) is 7.66. The summed E-state index contributed by atoms with van der Waals surface area (Å²) < 4.78 is 19.3. The van der Waals surface area contributed by atoms with E-state index in [9.17, 15) is 14.4 Å². The lowest BCUT2D eigenvalue weighted by Crippen LogP contribution is -2.15. The molecule has 0 amide bonds. The van der Waals surface area contributed by atoms with E-state index in [1.165, 1.54) is 0 Å². The van der Waals surface area contributed by atoms with Crippen LogP contribution in [0, 0.1) is 0 Å². The molecule has 0 aliphatic carbocycles. The van der Waals surface area contributed by atoms with Gasteiger partial charge in [-0.25, -0.2) is 0 Å². The maximum Gasteiger partial charge on any atom is 0.296 e. The van der Waals surface area contributed by atoms with Crippen LogP contribution in [0.5, 0.6) is 0 Å². The number of hydrogen-bond acceptors (Lipinski definition) is 7.